The van der Waals surface area contributed by atoms with Crippen molar-refractivity contribution < 1.29 is 9.90 Å². The van der Waals surface area contributed by atoms with Crippen LogP contribution in [0.5, 0.6) is 0 Å². The summed E-state index contributed by atoms with van der Waals surface area (Å²) in [5.74, 6) is -1.18. The first-order valence-electron chi connectivity index (χ1n) is 4.36. The predicted octanol–water partition coefficient (Wildman–Crippen LogP) is -1.49. The number of rotatable bonds is 2. The normalized spacial score (nSPS) is 10.8. The molecule has 0 saturated heterocycles. The van der Waals surface area contributed by atoms with Gasteiger partial charge in [-0.3, -0.25) is 19.1 Å². The van der Waals surface area contributed by atoms with Gasteiger partial charge >= 0.3 is 11.7 Å². The summed E-state index contributed by atoms with van der Waals surface area (Å²) in [6.07, 6.45) is 1.34. The Labute approximate surface area is 87.8 Å². The highest BCUT2D eigenvalue weighted by Gasteiger charge is 2.13. The fraction of sp³-hybridized carbons (Fsp3) is 0.250. The van der Waals surface area contributed by atoms with E-state index in [1.807, 2.05) is 4.98 Å². The van der Waals surface area contributed by atoms with Gasteiger partial charge in [0.2, 0.25) is 0 Å². The topological polar surface area (TPSA) is 110 Å². The molecule has 2 rings (SSSR count). The summed E-state index contributed by atoms with van der Waals surface area (Å²) < 4.78 is 2.32. The van der Waals surface area contributed by atoms with E-state index in [0.717, 1.165) is 4.57 Å². The second-order valence-corrected chi connectivity index (χ2v) is 3.27. The molecular formula is C8H8N4O4. The number of H-pyrrole nitrogens is 1. The molecule has 0 unspecified atom stereocenters. The third-order valence-corrected chi connectivity index (χ3v) is 2.15. The Morgan fingerprint density at radius 2 is 2.25 bits per heavy atom. The van der Waals surface area contributed by atoms with Gasteiger partial charge in [-0.15, -0.1) is 0 Å². The van der Waals surface area contributed by atoms with Crippen LogP contribution >= 0.6 is 0 Å². The van der Waals surface area contributed by atoms with Gasteiger partial charge in [0.1, 0.15) is 6.54 Å². The van der Waals surface area contributed by atoms with Gasteiger partial charge in [0.15, 0.2) is 11.2 Å². The molecule has 8 nitrogen and oxygen atoms in total. The number of hydrogen-bond acceptors (Lipinski definition) is 4. The van der Waals surface area contributed by atoms with E-state index in [1.165, 1.54) is 10.9 Å². The Bertz CT molecular complexity index is 677. The first kappa shape index (κ1) is 10.1. The minimum Gasteiger partial charge on any atom is -0.480 e. The van der Waals surface area contributed by atoms with Crippen LogP contribution < -0.4 is 11.2 Å². The summed E-state index contributed by atoms with van der Waals surface area (Å²) in [5, 5.41) is 8.64. The summed E-state index contributed by atoms with van der Waals surface area (Å²) in [6.45, 7) is -0.539. The van der Waals surface area contributed by atoms with Crippen molar-refractivity contribution >= 4 is 17.1 Å². The highest BCUT2D eigenvalue weighted by molar-refractivity contribution is 5.73. The number of fused-ring (bicyclic) bond motifs is 1. The van der Waals surface area contributed by atoms with E-state index in [4.69, 9.17) is 5.11 Å². The molecule has 0 saturated carbocycles. The van der Waals surface area contributed by atoms with E-state index >= 15 is 0 Å². The molecule has 2 N–H and O–H groups in total. The lowest BCUT2D eigenvalue weighted by atomic mass is 10.5. The third-order valence-electron chi connectivity index (χ3n) is 2.15. The van der Waals surface area contributed by atoms with E-state index in [1.54, 1.807) is 7.05 Å². The van der Waals surface area contributed by atoms with Gasteiger partial charge in [0, 0.05) is 7.05 Å². The van der Waals surface area contributed by atoms with Crippen molar-refractivity contribution in [1.29, 1.82) is 0 Å². The fourth-order valence-corrected chi connectivity index (χ4v) is 1.48. The van der Waals surface area contributed by atoms with Crippen LogP contribution in [0.15, 0.2) is 15.9 Å². The Kier molecular flexibility index (Phi) is 2.11. The molecule has 0 bridgehead atoms. The number of imidazole rings is 1. The Morgan fingerprint density at radius 1 is 1.56 bits per heavy atom. The molecule has 2 aromatic rings. The van der Waals surface area contributed by atoms with Crippen molar-refractivity contribution in [3.63, 3.8) is 0 Å². The molecular weight excluding hydrogens is 216 g/mol. The first-order valence-corrected chi connectivity index (χ1v) is 4.36. The van der Waals surface area contributed by atoms with Gasteiger partial charge in [0.25, 0.3) is 5.56 Å². The number of carboxylic acids is 1. The molecule has 16 heavy (non-hydrogen) atoms. The number of nitrogens with zero attached hydrogens (tertiary/aromatic N) is 3. The molecule has 0 atom stereocenters. The van der Waals surface area contributed by atoms with Crippen LogP contribution in [-0.4, -0.2) is 30.2 Å². The second-order valence-electron chi connectivity index (χ2n) is 3.27. The van der Waals surface area contributed by atoms with Gasteiger partial charge < -0.3 is 9.67 Å². The zero-order valence-electron chi connectivity index (χ0n) is 8.30. The van der Waals surface area contributed by atoms with Gasteiger partial charge in [0.05, 0.1) is 6.33 Å². The third kappa shape index (κ3) is 1.40. The number of carboxylic acid groups (broad SMARTS) is 1. The second kappa shape index (κ2) is 3.33. The number of carbonyl (C=O) groups is 1. The largest absolute Gasteiger partial charge is 0.480 e. The molecule has 0 aromatic carbocycles. The van der Waals surface area contributed by atoms with Crippen molar-refractivity contribution in [3.8, 4) is 0 Å². The molecule has 0 aliphatic carbocycles. The van der Waals surface area contributed by atoms with E-state index in [0.29, 0.717) is 0 Å². The van der Waals surface area contributed by atoms with Crippen LogP contribution in [0.1, 0.15) is 0 Å². The summed E-state index contributed by atoms with van der Waals surface area (Å²) in [6, 6.07) is 0. The molecule has 0 spiro atoms. The molecule has 84 valence electrons. The maximum Gasteiger partial charge on any atom is 0.330 e. The van der Waals surface area contributed by atoms with Crippen molar-refractivity contribution in [3.05, 3.63) is 27.2 Å². The maximum atomic E-state index is 11.4. The first-order chi connectivity index (χ1) is 7.50. The average Bonchev–Trinajstić information content (AvgIpc) is 2.55. The van der Waals surface area contributed by atoms with Crippen LogP contribution in [0.4, 0.5) is 0 Å². The monoisotopic (exact) mass is 224 g/mol. The SMILES string of the molecule is Cn1cnc2c1c(=O)[nH]c(=O)n2CC(=O)O. The van der Waals surface area contributed by atoms with Crippen molar-refractivity contribution in [2.45, 2.75) is 6.54 Å². The van der Waals surface area contributed by atoms with Gasteiger partial charge in [-0.25, -0.2) is 9.78 Å². The van der Waals surface area contributed by atoms with Gasteiger partial charge in [-0.1, -0.05) is 0 Å². The highest BCUT2D eigenvalue weighted by atomic mass is 16.4. The number of aliphatic carboxylic acids is 1. The maximum absolute atomic E-state index is 11.4. The number of aromatic nitrogens is 4. The smallest absolute Gasteiger partial charge is 0.330 e. The van der Waals surface area contributed by atoms with Crippen molar-refractivity contribution in [2.75, 3.05) is 0 Å². The molecule has 0 amide bonds. The zero-order chi connectivity index (χ0) is 11.9. The highest BCUT2D eigenvalue weighted by Crippen LogP contribution is 2.03. The van der Waals surface area contributed by atoms with Gasteiger partial charge in [-0.2, -0.15) is 0 Å². The number of hydrogen-bond donors (Lipinski definition) is 2. The molecule has 0 aliphatic rings. The van der Waals surface area contributed by atoms with Crippen LogP contribution in [0.2, 0.25) is 0 Å². The van der Waals surface area contributed by atoms with Crippen molar-refractivity contribution in [2.24, 2.45) is 7.05 Å². The fourth-order valence-electron chi connectivity index (χ4n) is 1.48. The lowest BCUT2D eigenvalue weighted by molar-refractivity contribution is -0.137. The van der Waals surface area contributed by atoms with Crippen LogP contribution in [0.3, 0.4) is 0 Å². The average molecular weight is 224 g/mol. The minimum absolute atomic E-state index is 0.0682. The van der Waals surface area contributed by atoms with E-state index in [2.05, 4.69) is 4.98 Å². The van der Waals surface area contributed by atoms with Crippen LogP contribution in [-0.2, 0) is 18.4 Å². The van der Waals surface area contributed by atoms with E-state index < -0.39 is 23.8 Å². The Balaban J connectivity index is 2.88. The number of aryl methyl sites for hydroxylation is 1. The van der Waals surface area contributed by atoms with E-state index in [-0.39, 0.29) is 11.2 Å². The molecule has 0 radical (unpaired) electrons. The molecule has 8 heteroatoms. The van der Waals surface area contributed by atoms with Crippen molar-refractivity contribution in [1.82, 2.24) is 19.1 Å². The molecule has 0 aliphatic heterocycles. The minimum atomic E-state index is -1.18. The quantitative estimate of drug-likeness (QED) is 0.645. The van der Waals surface area contributed by atoms with Crippen LogP contribution in [0, 0.1) is 0 Å². The summed E-state index contributed by atoms with van der Waals surface area (Å²) in [4.78, 5) is 39.3. The summed E-state index contributed by atoms with van der Waals surface area (Å²) >= 11 is 0. The lowest BCUT2D eigenvalue weighted by Crippen LogP contribution is -2.32. The molecule has 0 fully saturated rings. The molecule has 2 aromatic heterocycles. The lowest BCUT2D eigenvalue weighted by Gasteiger charge is -2.02. The summed E-state index contributed by atoms with van der Waals surface area (Å²) in [7, 11) is 1.58. The predicted molar refractivity (Wildman–Crippen MR) is 53.2 cm³/mol. The van der Waals surface area contributed by atoms with Crippen LogP contribution in [0.25, 0.3) is 11.2 Å². The zero-order valence-corrected chi connectivity index (χ0v) is 8.30. The standard InChI is InChI=1S/C8H8N4O4/c1-11-3-9-6-5(11)7(15)10-8(16)12(6)2-4(13)14/h3H,2H2,1H3,(H,13,14)(H,10,15,16). The Morgan fingerprint density at radius 3 is 2.88 bits per heavy atom. The Hall–Kier alpha value is -2.38. The van der Waals surface area contributed by atoms with Gasteiger partial charge in [-0.05, 0) is 0 Å². The number of nitrogens with one attached hydrogen (secondary N) is 1. The number of aromatic amines is 1. The van der Waals surface area contributed by atoms with E-state index in [9.17, 15) is 14.4 Å². The summed E-state index contributed by atoms with van der Waals surface area (Å²) in [5.41, 5.74) is -1.13. The molecule has 2 heterocycles.